The summed E-state index contributed by atoms with van der Waals surface area (Å²) in [6, 6.07) is 5.09. The third kappa shape index (κ3) is 1.88. The maximum Gasteiger partial charge on any atom is 0.186 e. The summed E-state index contributed by atoms with van der Waals surface area (Å²) in [5, 5.41) is -0.541. The average Bonchev–Trinajstić information content (AvgIpc) is 2.26. The Hall–Kier alpha value is -0.590. The van der Waals surface area contributed by atoms with Gasteiger partial charge in [0.25, 0.3) is 0 Å². The van der Waals surface area contributed by atoms with Crippen molar-refractivity contribution in [3.63, 3.8) is 0 Å². The van der Waals surface area contributed by atoms with E-state index in [0.29, 0.717) is 4.90 Å². The molecule has 4 nitrogen and oxygen atoms in total. The molecule has 1 aromatic rings. The van der Waals surface area contributed by atoms with Crippen molar-refractivity contribution in [3.05, 3.63) is 22.7 Å². The van der Waals surface area contributed by atoms with Crippen LogP contribution >= 0.6 is 15.9 Å². The Morgan fingerprint density at radius 3 is 2.71 bits per heavy atom. The van der Waals surface area contributed by atoms with Crippen LogP contribution in [0.1, 0.15) is 6.92 Å². The van der Waals surface area contributed by atoms with E-state index in [-0.39, 0.29) is 12.6 Å². The van der Waals surface area contributed by atoms with E-state index in [1.807, 2.05) is 24.9 Å². The minimum Gasteiger partial charge on any atom is -0.369 e. The Kier molecular flexibility index (Phi) is 3.22. The first kappa shape index (κ1) is 12.9. The van der Waals surface area contributed by atoms with Crippen molar-refractivity contribution >= 4 is 31.5 Å². The smallest absolute Gasteiger partial charge is 0.186 e. The summed E-state index contributed by atoms with van der Waals surface area (Å²) >= 11 is 3.36. The van der Waals surface area contributed by atoms with Gasteiger partial charge in [0.2, 0.25) is 0 Å². The maximum atomic E-state index is 12.4. The molecular weight excluding hydrogens is 304 g/mol. The average molecular weight is 319 g/mol. The fourth-order valence-electron chi connectivity index (χ4n) is 2.22. The maximum absolute atomic E-state index is 12.4. The first-order valence-corrected chi connectivity index (χ1v) is 7.70. The number of nitrogens with zero attached hydrogens (tertiary/aromatic N) is 1. The van der Waals surface area contributed by atoms with Crippen LogP contribution in [-0.2, 0) is 9.84 Å². The Morgan fingerprint density at radius 1 is 1.47 bits per heavy atom. The third-order valence-corrected chi connectivity index (χ3v) is 6.22. The van der Waals surface area contributed by atoms with Gasteiger partial charge in [-0.1, -0.05) is 15.9 Å². The monoisotopic (exact) mass is 318 g/mol. The predicted octanol–water partition coefficient (Wildman–Crippen LogP) is 1.39. The molecule has 94 valence electrons. The lowest BCUT2D eigenvalue weighted by Gasteiger charge is -2.38. The van der Waals surface area contributed by atoms with Crippen molar-refractivity contribution in [3.8, 4) is 0 Å². The van der Waals surface area contributed by atoms with Gasteiger partial charge in [0.15, 0.2) is 9.84 Å². The van der Waals surface area contributed by atoms with Crippen LogP contribution in [-0.4, -0.2) is 33.3 Å². The molecule has 0 amide bonds. The predicted molar refractivity (Wildman–Crippen MR) is 72.0 cm³/mol. The van der Waals surface area contributed by atoms with Crippen LogP contribution in [0.5, 0.6) is 0 Å². The van der Waals surface area contributed by atoms with Crippen LogP contribution in [0.2, 0.25) is 0 Å². The van der Waals surface area contributed by atoms with Crippen LogP contribution < -0.4 is 10.6 Å². The minimum atomic E-state index is -3.32. The van der Waals surface area contributed by atoms with E-state index in [4.69, 9.17) is 5.73 Å². The summed E-state index contributed by atoms with van der Waals surface area (Å²) < 4.78 is 25.6. The van der Waals surface area contributed by atoms with E-state index >= 15 is 0 Å². The molecule has 1 aliphatic rings. The number of fused-ring (bicyclic) bond motifs is 1. The van der Waals surface area contributed by atoms with Gasteiger partial charge in [-0.3, -0.25) is 0 Å². The molecule has 2 unspecified atom stereocenters. The second-order valence-electron chi connectivity index (χ2n) is 4.28. The van der Waals surface area contributed by atoms with Gasteiger partial charge < -0.3 is 10.6 Å². The largest absolute Gasteiger partial charge is 0.369 e. The molecular formula is C11H15BrN2O2S. The Morgan fingerprint density at radius 2 is 2.12 bits per heavy atom. The first-order chi connectivity index (χ1) is 7.89. The van der Waals surface area contributed by atoms with Crippen molar-refractivity contribution in [1.29, 1.82) is 0 Å². The SMILES string of the molecule is CC1C(CN)S(=O)(=O)c2ccc(Br)cc2N1C. The summed E-state index contributed by atoms with van der Waals surface area (Å²) in [7, 11) is -1.42. The van der Waals surface area contributed by atoms with Crippen molar-refractivity contribution in [1.82, 2.24) is 0 Å². The highest BCUT2D eigenvalue weighted by Gasteiger charge is 2.40. The topological polar surface area (TPSA) is 63.4 Å². The van der Waals surface area contributed by atoms with E-state index in [9.17, 15) is 8.42 Å². The standard InChI is InChI=1S/C11H15BrN2O2S/c1-7-11(6-13)17(15,16)10-4-3-8(12)5-9(10)14(7)2/h3-5,7,11H,6,13H2,1-2H3. The molecule has 1 heterocycles. The van der Waals surface area contributed by atoms with E-state index in [1.165, 1.54) is 0 Å². The van der Waals surface area contributed by atoms with Crippen LogP contribution in [0.25, 0.3) is 0 Å². The number of rotatable bonds is 1. The van der Waals surface area contributed by atoms with Gasteiger partial charge in [0.05, 0.1) is 15.8 Å². The summed E-state index contributed by atoms with van der Waals surface area (Å²) in [5.74, 6) is 0. The lowest BCUT2D eigenvalue weighted by atomic mass is 10.1. The lowest BCUT2D eigenvalue weighted by molar-refractivity contribution is 0.539. The number of hydrogen-bond donors (Lipinski definition) is 1. The van der Waals surface area contributed by atoms with E-state index < -0.39 is 15.1 Å². The van der Waals surface area contributed by atoms with Crippen LogP contribution in [0.4, 0.5) is 5.69 Å². The van der Waals surface area contributed by atoms with E-state index in [0.717, 1.165) is 10.2 Å². The quantitative estimate of drug-likeness (QED) is 0.850. The Labute approximate surface area is 110 Å². The zero-order valence-electron chi connectivity index (χ0n) is 9.72. The fraction of sp³-hybridized carbons (Fsp3) is 0.455. The molecule has 0 aliphatic carbocycles. The van der Waals surface area contributed by atoms with Gasteiger partial charge in [-0.25, -0.2) is 8.42 Å². The molecule has 1 aromatic carbocycles. The zero-order valence-corrected chi connectivity index (χ0v) is 12.1. The summed E-state index contributed by atoms with van der Waals surface area (Å²) in [4.78, 5) is 2.34. The van der Waals surface area contributed by atoms with Crippen LogP contribution in [0.15, 0.2) is 27.6 Å². The molecule has 0 aromatic heterocycles. The number of benzene rings is 1. The van der Waals surface area contributed by atoms with Gasteiger partial charge in [-0.05, 0) is 25.1 Å². The van der Waals surface area contributed by atoms with E-state index in [2.05, 4.69) is 15.9 Å². The zero-order chi connectivity index (χ0) is 12.8. The molecule has 0 bridgehead atoms. The second kappa shape index (κ2) is 4.26. The van der Waals surface area contributed by atoms with Gasteiger partial charge >= 0.3 is 0 Å². The lowest BCUT2D eigenvalue weighted by Crippen LogP contribution is -2.51. The Bertz CT molecular complexity index is 544. The molecule has 0 radical (unpaired) electrons. The number of sulfone groups is 1. The highest BCUT2D eigenvalue weighted by atomic mass is 79.9. The van der Waals surface area contributed by atoms with Gasteiger partial charge in [0, 0.05) is 24.1 Å². The third-order valence-electron chi connectivity index (χ3n) is 3.39. The molecule has 0 fully saturated rings. The van der Waals surface area contributed by atoms with Gasteiger partial charge in [-0.15, -0.1) is 0 Å². The molecule has 2 atom stereocenters. The van der Waals surface area contributed by atoms with E-state index in [1.54, 1.807) is 12.1 Å². The van der Waals surface area contributed by atoms with Crippen LogP contribution in [0, 0.1) is 0 Å². The summed E-state index contributed by atoms with van der Waals surface area (Å²) in [6.45, 7) is 2.03. The van der Waals surface area contributed by atoms with Crippen LogP contribution in [0.3, 0.4) is 0 Å². The van der Waals surface area contributed by atoms with Gasteiger partial charge in [-0.2, -0.15) is 0 Å². The summed E-state index contributed by atoms with van der Waals surface area (Å²) in [5.41, 5.74) is 6.34. The number of nitrogens with two attached hydrogens (primary N) is 1. The second-order valence-corrected chi connectivity index (χ2v) is 7.33. The molecule has 0 saturated heterocycles. The molecule has 0 saturated carbocycles. The first-order valence-electron chi connectivity index (χ1n) is 5.36. The van der Waals surface area contributed by atoms with Crippen molar-refractivity contribution in [2.45, 2.75) is 23.1 Å². The highest BCUT2D eigenvalue weighted by Crippen LogP contribution is 2.37. The molecule has 2 N–H and O–H groups in total. The van der Waals surface area contributed by atoms with Crippen molar-refractivity contribution < 1.29 is 8.42 Å². The number of anilines is 1. The van der Waals surface area contributed by atoms with Gasteiger partial charge in [0.1, 0.15) is 0 Å². The number of halogens is 1. The fourth-order valence-corrected chi connectivity index (χ4v) is 4.60. The van der Waals surface area contributed by atoms with Crippen molar-refractivity contribution in [2.75, 3.05) is 18.5 Å². The highest BCUT2D eigenvalue weighted by molar-refractivity contribution is 9.10. The molecule has 17 heavy (non-hydrogen) atoms. The normalized spacial score (nSPS) is 26.7. The minimum absolute atomic E-state index is 0.119. The molecule has 1 aliphatic heterocycles. The number of hydrogen-bond acceptors (Lipinski definition) is 4. The van der Waals surface area contributed by atoms with Crippen molar-refractivity contribution in [2.24, 2.45) is 5.73 Å². The summed E-state index contributed by atoms with van der Waals surface area (Å²) in [6.07, 6.45) is 0. The molecule has 2 rings (SSSR count). The Balaban J connectivity index is 2.70. The molecule has 6 heteroatoms. The molecule has 0 spiro atoms.